The van der Waals surface area contributed by atoms with Gasteiger partial charge in [0.1, 0.15) is 6.23 Å². The molecule has 0 radical (unpaired) electrons. The van der Waals surface area contributed by atoms with Gasteiger partial charge < -0.3 is 5.11 Å². The van der Waals surface area contributed by atoms with Gasteiger partial charge in [0, 0.05) is 0 Å². The van der Waals surface area contributed by atoms with E-state index in [1.54, 1.807) is 0 Å². The summed E-state index contributed by atoms with van der Waals surface area (Å²) in [6, 6.07) is 0. The topological polar surface area (TPSA) is 23.5 Å². The van der Waals surface area contributed by atoms with Gasteiger partial charge in [0.25, 0.3) is 0 Å². The third-order valence-corrected chi connectivity index (χ3v) is 2.71. The van der Waals surface area contributed by atoms with Crippen LogP contribution in [0, 0.1) is 0 Å². The molecule has 0 aromatic rings. The van der Waals surface area contributed by atoms with Gasteiger partial charge in [-0.3, -0.25) is 4.90 Å². The number of aliphatic hydroxyl groups excluding tert-OH is 1. The summed E-state index contributed by atoms with van der Waals surface area (Å²) in [5, 5.41) is 9.92. The maximum absolute atomic E-state index is 9.92. The summed E-state index contributed by atoms with van der Waals surface area (Å²) < 4.78 is 0. The summed E-state index contributed by atoms with van der Waals surface area (Å²) in [7, 11) is 0. The molecule has 0 aromatic carbocycles. The van der Waals surface area contributed by atoms with E-state index >= 15 is 0 Å². The van der Waals surface area contributed by atoms with E-state index in [1.807, 2.05) is 11.0 Å². The molecule has 1 N–H and O–H groups in total. The first-order valence-electron chi connectivity index (χ1n) is 6.24. The van der Waals surface area contributed by atoms with Gasteiger partial charge >= 0.3 is 0 Å². The SMILES string of the molecule is CCN(CC)C(O)/C=C(/C)CCC=C(C)C. The molecule has 0 fully saturated rings. The van der Waals surface area contributed by atoms with Crippen LogP contribution in [-0.2, 0) is 0 Å². The normalized spacial score (nSPS) is 14.1. The lowest BCUT2D eigenvalue weighted by molar-refractivity contribution is 0.0494. The van der Waals surface area contributed by atoms with Crippen LogP contribution in [0.5, 0.6) is 0 Å². The van der Waals surface area contributed by atoms with Gasteiger partial charge in [-0.1, -0.05) is 31.1 Å². The second-order valence-corrected chi connectivity index (χ2v) is 4.47. The minimum atomic E-state index is -0.429. The van der Waals surface area contributed by atoms with Crippen molar-refractivity contribution in [2.75, 3.05) is 13.1 Å². The molecule has 0 heterocycles. The minimum absolute atomic E-state index is 0.429. The molecule has 1 unspecified atom stereocenters. The van der Waals surface area contributed by atoms with Crippen molar-refractivity contribution in [2.24, 2.45) is 0 Å². The molecule has 2 nitrogen and oxygen atoms in total. The lowest BCUT2D eigenvalue weighted by Gasteiger charge is -2.22. The van der Waals surface area contributed by atoms with Crippen LogP contribution in [0.2, 0.25) is 0 Å². The van der Waals surface area contributed by atoms with Gasteiger partial charge in [-0.2, -0.15) is 0 Å². The van der Waals surface area contributed by atoms with Crippen molar-refractivity contribution in [1.29, 1.82) is 0 Å². The minimum Gasteiger partial charge on any atom is -0.375 e. The van der Waals surface area contributed by atoms with Crippen LogP contribution in [0.15, 0.2) is 23.3 Å². The summed E-state index contributed by atoms with van der Waals surface area (Å²) >= 11 is 0. The third kappa shape index (κ3) is 6.81. The molecule has 0 aromatic heterocycles. The van der Waals surface area contributed by atoms with Crippen LogP contribution >= 0.6 is 0 Å². The summed E-state index contributed by atoms with van der Waals surface area (Å²) in [5.41, 5.74) is 2.62. The molecule has 2 heteroatoms. The largest absolute Gasteiger partial charge is 0.375 e. The zero-order chi connectivity index (χ0) is 12.6. The number of hydrogen-bond donors (Lipinski definition) is 1. The Hall–Kier alpha value is -0.600. The van der Waals surface area contributed by atoms with Crippen molar-refractivity contribution >= 4 is 0 Å². The lowest BCUT2D eigenvalue weighted by atomic mass is 10.1. The van der Waals surface area contributed by atoms with Crippen molar-refractivity contribution in [3.8, 4) is 0 Å². The van der Waals surface area contributed by atoms with Gasteiger partial charge in [-0.15, -0.1) is 0 Å². The van der Waals surface area contributed by atoms with Crippen LogP contribution in [0.3, 0.4) is 0 Å². The van der Waals surface area contributed by atoms with E-state index in [0.717, 1.165) is 25.9 Å². The quantitative estimate of drug-likeness (QED) is 0.530. The van der Waals surface area contributed by atoms with Crippen LogP contribution in [-0.4, -0.2) is 29.3 Å². The Morgan fingerprint density at radius 1 is 1.19 bits per heavy atom. The Kier molecular flexibility index (Phi) is 8.22. The number of rotatable bonds is 7. The van der Waals surface area contributed by atoms with Crippen molar-refractivity contribution in [2.45, 2.75) is 53.7 Å². The number of allylic oxidation sites excluding steroid dienone is 3. The van der Waals surface area contributed by atoms with Crippen LogP contribution in [0.25, 0.3) is 0 Å². The highest BCUT2D eigenvalue weighted by Gasteiger charge is 2.08. The van der Waals surface area contributed by atoms with E-state index in [9.17, 15) is 5.11 Å². The maximum atomic E-state index is 9.92. The third-order valence-electron chi connectivity index (χ3n) is 2.71. The zero-order valence-electron chi connectivity index (χ0n) is 11.5. The monoisotopic (exact) mass is 225 g/mol. The summed E-state index contributed by atoms with van der Waals surface area (Å²) in [5.74, 6) is 0. The number of hydrogen-bond acceptors (Lipinski definition) is 2. The lowest BCUT2D eigenvalue weighted by Crippen LogP contribution is -2.33. The van der Waals surface area contributed by atoms with Crippen molar-refractivity contribution < 1.29 is 5.11 Å². The van der Waals surface area contributed by atoms with E-state index in [1.165, 1.54) is 11.1 Å². The number of likely N-dealkylation sites (N-methyl/N-ethyl adjacent to an activating group) is 1. The molecule has 0 saturated carbocycles. The molecule has 94 valence electrons. The van der Waals surface area contributed by atoms with Crippen molar-refractivity contribution in [1.82, 2.24) is 4.90 Å². The first-order valence-corrected chi connectivity index (χ1v) is 6.24. The van der Waals surface area contributed by atoms with E-state index in [0.29, 0.717) is 0 Å². The first kappa shape index (κ1) is 15.4. The Bertz CT molecular complexity index is 235. The van der Waals surface area contributed by atoms with E-state index < -0.39 is 6.23 Å². The van der Waals surface area contributed by atoms with E-state index in [4.69, 9.17) is 0 Å². The number of nitrogens with zero attached hydrogens (tertiary/aromatic N) is 1. The zero-order valence-corrected chi connectivity index (χ0v) is 11.5. The molecule has 0 amide bonds. The Morgan fingerprint density at radius 3 is 2.19 bits per heavy atom. The highest BCUT2D eigenvalue weighted by atomic mass is 16.3. The fraction of sp³-hybridized carbons (Fsp3) is 0.714. The molecule has 0 bridgehead atoms. The van der Waals surface area contributed by atoms with Crippen LogP contribution in [0.1, 0.15) is 47.5 Å². The molecule has 0 saturated heterocycles. The Morgan fingerprint density at radius 2 is 1.75 bits per heavy atom. The first-order chi connectivity index (χ1) is 7.51. The van der Waals surface area contributed by atoms with Crippen molar-refractivity contribution in [3.63, 3.8) is 0 Å². The molecular weight excluding hydrogens is 198 g/mol. The van der Waals surface area contributed by atoms with Crippen LogP contribution in [0.4, 0.5) is 0 Å². The molecule has 0 aliphatic rings. The standard InChI is InChI=1S/C14H27NO/c1-6-15(7-2)14(16)11-13(5)10-8-9-12(3)4/h9,11,14,16H,6-8,10H2,1-5H3/b13-11-. The average molecular weight is 225 g/mol. The molecule has 0 aliphatic carbocycles. The van der Waals surface area contributed by atoms with E-state index in [-0.39, 0.29) is 0 Å². The summed E-state index contributed by atoms with van der Waals surface area (Å²) in [6.45, 7) is 12.2. The fourth-order valence-electron chi connectivity index (χ4n) is 1.63. The van der Waals surface area contributed by atoms with E-state index in [2.05, 4.69) is 40.7 Å². The number of aliphatic hydroxyl groups is 1. The molecule has 0 aliphatic heterocycles. The molecule has 0 rings (SSSR count). The Balaban J connectivity index is 4.14. The van der Waals surface area contributed by atoms with Crippen molar-refractivity contribution in [3.05, 3.63) is 23.3 Å². The van der Waals surface area contributed by atoms with Gasteiger partial charge in [-0.05, 0) is 52.8 Å². The second kappa shape index (κ2) is 8.54. The fourth-order valence-corrected chi connectivity index (χ4v) is 1.63. The summed E-state index contributed by atoms with van der Waals surface area (Å²) in [6.07, 6.45) is 5.87. The highest BCUT2D eigenvalue weighted by Crippen LogP contribution is 2.09. The highest BCUT2D eigenvalue weighted by molar-refractivity contribution is 5.04. The van der Waals surface area contributed by atoms with Gasteiger partial charge in [-0.25, -0.2) is 0 Å². The van der Waals surface area contributed by atoms with Crippen LogP contribution < -0.4 is 0 Å². The molecular formula is C14H27NO. The second-order valence-electron chi connectivity index (χ2n) is 4.47. The molecule has 0 spiro atoms. The molecule has 1 atom stereocenters. The predicted molar refractivity (Wildman–Crippen MR) is 71.3 cm³/mol. The molecule has 16 heavy (non-hydrogen) atoms. The smallest absolute Gasteiger partial charge is 0.126 e. The van der Waals surface area contributed by atoms with Gasteiger partial charge in [0.2, 0.25) is 0 Å². The Labute approximate surface area is 101 Å². The van der Waals surface area contributed by atoms with Gasteiger partial charge in [0.15, 0.2) is 0 Å². The predicted octanol–water partition coefficient (Wildman–Crippen LogP) is 3.34. The maximum Gasteiger partial charge on any atom is 0.126 e. The van der Waals surface area contributed by atoms with Gasteiger partial charge in [0.05, 0.1) is 0 Å². The average Bonchev–Trinajstić information content (AvgIpc) is 2.18. The summed E-state index contributed by atoms with van der Waals surface area (Å²) in [4.78, 5) is 2.03.